The van der Waals surface area contributed by atoms with E-state index in [9.17, 15) is 14.4 Å². The van der Waals surface area contributed by atoms with Gasteiger partial charge in [-0.05, 0) is 29.5 Å². The lowest BCUT2D eigenvalue weighted by molar-refractivity contribution is -0.118. The van der Waals surface area contributed by atoms with E-state index in [-0.39, 0.29) is 22.3 Å². The first-order chi connectivity index (χ1) is 13.4. The molecule has 5 rings (SSSR count). The summed E-state index contributed by atoms with van der Waals surface area (Å²) in [6, 6.07) is 15.8. The van der Waals surface area contributed by atoms with Crippen LogP contribution in [0.4, 0.5) is 0 Å². The Morgan fingerprint density at radius 2 is 1.43 bits per heavy atom. The number of hydrogen-bond donors (Lipinski definition) is 0. The fourth-order valence-electron chi connectivity index (χ4n) is 4.63. The molecule has 1 atom stereocenters. The van der Waals surface area contributed by atoms with Crippen LogP contribution in [0.5, 0.6) is 0 Å². The van der Waals surface area contributed by atoms with Crippen molar-refractivity contribution in [3.63, 3.8) is 0 Å². The zero-order chi connectivity index (χ0) is 19.6. The smallest absolute Gasteiger partial charge is 0.277 e. The highest BCUT2D eigenvalue weighted by Gasteiger charge is 2.44. The summed E-state index contributed by atoms with van der Waals surface area (Å²) in [7, 11) is 0. The van der Waals surface area contributed by atoms with E-state index in [2.05, 4.69) is 0 Å². The third-order valence-corrected chi connectivity index (χ3v) is 5.79. The van der Waals surface area contributed by atoms with Gasteiger partial charge in [0.05, 0.1) is 16.5 Å². The molecule has 0 saturated carbocycles. The Morgan fingerprint density at radius 3 is 2.11 bits per heavy atom. The third-order valence-electron chi connectivity index (χ3n) is 5.79. The lowest BCUT2D eigenvalue weighted by Gasteiger charge is -2.30. The highest BCUT2D eigenvalue weighted by atomic mass is 16.2. The zero-order valence-corrected chi connectivity index (χ0v) is 15.8. The number of carbonyl (C=O) groups excluding carboxylic acids is 1. The normalized spacial score (nSPS) is 20.4. The Morgan fingerprint density at radius 1 is 0.821 bits per heavy atom. The maximum atomic E-state index is 13.4. The molecule has 28 heavy (non-hydrogen) atoms. The molecule has 1 aliphatic heterocycles. The van der Waals surface area contributed by atoms with Crippen LogP contribution in [0.1, 0.15) is 38.3 Å². The second-order valence-electron chi connectivity index (χ2n) is 8.43. The maximum Gasteiger partial charge on any atom is 0.277 e. The number of benzene rings is 2. The zero-order valence-electron chi connectivity index (χ0n) is 15.8. The number of carbonyl (C=O) groups is 1. The Hall–Kier alpha value is -3.21. The molecule has 2 aliphatic rings. The van der Waals surface area contributed by atoms with Crippen molar-refractivity contribution in [3.05, 3.63) is 86.4 Å². The van der Waals surface area contributed by atoms with Crippen LogP contribution in [0.25, 0.3) is 16.5 Å². The standard InChI is InChI=1S/C23H20N2O3/c1-23(2)12-17-19(18(26)13-23)20(14-8-4-3-5-9-14)25-22(28)16-11-7-6-10-15(16)21(27)24(17)25/h3-11,20H,12-13H2,1-2H3/t20-/m0/s1. The molecule has 0 saturated heterocycles. The molecule has 2 heterocycles. The van der Waals surface area contributed by atoms with Crippen LogP contribution >= 0.6 is 0 Å². The van der Waals surface area contributed by atoms with Crippen molar-refractivity contribution in [1.29, 1.82) is 0 Å². The second kappa shape index (κ2) is 5.64. The van der Waals surface area contributed by atoms with Crippen molar-refractivity contribution in [2.24, 2.45) is 5.41 Å². The van der Waals surface area contributed by atoms with Gasteiger partial charge in [-0.2, -0.15) is 0 Å². The first-order valence-corrected chi connectivity index (χ1v) is 9.47. The predicted molar refractivity (Wildman–Crippen MR) is 108 cm³/mol. The summed E-state index contributed by atoms with van der Waals surface area (Å²) in [6.45, 7) is 4.05. The van der Waals surface area contributed by atoms with Crippen molar-refractivity contribution in [2.45, 2.75) is 32.7 Å². The van der Waals surface area contributed by atoms with E-state index in [4.69, 9.17) is 0 Å². The summed E-state index contributed by atoms with van der Waals surface area (Å²) in [5.41, 5.74) is 1.35. The van der Waals surface area contributed by atoms with E-state index < -0.39 is 6.04 Å². The minimum absolute atomic E-state index is 0.0131. The number of fused-ring (bicyclic) bond motifs is 3. The average Bonchev–Trinajstić information content (AvgIpc) is 3.01. The number of rotatable bonds is 1. The van der Waals surface area contributed by atoms with Crippen LogP contribution in [-0.4, -0.2) is 15.1 Å². The van der Waals surface area contributed by atoms with Crippen molar-refractivity contribution in [3.8, 4) is 0 Å². The van der Waals surface area contributed by atoms with Gasteiger partial charge in [-0.15, -0.1) is 0 Å². The van der Waals surface area contributed by atoms with Gasteiger partial charge in [0.25, 0.3) is 11.1 Å². The van der Waals surface area contributed by atoms with Crippen molar-refractivity contribution < 1.29 is 4.79 Å². The second-order valence-corrected chi connectivity index (χ2v) is 8.43. The number of allylic oxidation sites excluding steroid dienone is 2. The van der Waals surface area contributed by atoms with Crippen molar-refractivity contribution in [2.75, 3.05) is 0 Å². The molecule has 140 valence electrons. The van der Waals surface area contributed by atoms with E-state index in [1.165, 1.54) is 9.36 Å². The van der Waals surface area contributed by atoms with Crippen LogP contribution < -0.4 is 11.1 Å². The highest BCUT2D eigenvalue weighted by Crippen LogP contribution is 2.46. The maximum absolute atomic E-state index is 13.4. The van der Waals surface area contributed by atoms with Gasteiger partial charge in [0, 0.05) is 12.0 Å². The molecule has 5 heteroatoms. The van der Waals surface area contributed by atoms with Gasteiger partial charge < -0.3 is 0 Å². The molecule has 0 spiro atoms. The van der Waals surface area contributed by atoms with Gasteiger partial charge in [-0.3, -0.25) is 14.4 Å². The molecule has 0 radical (unpaired) electrons. The van der Waals surface area contributed by atoms with Crippen LogP contribution in [0.15, 0.2) is 69.8 Å². The molecular formula is C23H20N2O3. The highest BCUT2D eigenvalue weighted by molar-refractivity contribution is 6.04. The Labute approximate surface area is 161 Å². The van der Waals surface area contributed by atoms with Crippen LogP contribution in [0.3, 0.4) is 0 Å². The number of nitrogens with zero attached hydrogens (tertiary/aromatic N) is 2. The van der Waals surface area contributed by atoms with E-state index in [1.807, 2.05) is 44.2 Å². The van der Waals surface area contributed by atoms with E-state index in [0.29, 0.717) is 34.9 Å². The van der Waals surface area contributed by atoms with E-state index >= 15 is 0 Å². The van der Waals surface area contributed by atoms with Crippen molar-refractivity contribution >= 4 is 22.3 Å². The topological polar surface area (TPSA) is 61.1 Å². The van der Waals surface area contributed by atoms with E-state index in [0.717, 1.165) is 5.56 Å². The van der Waals surface area contributed by atoms with Gasteiger partial charge >= 0.3 is 0 Å². The first kappa shape index (κ1) is 16.9. The number of Topliss-reactive ketones (excluding diaryl/α,β-unsaturated/α-hetero) is 1. The fourth-order valence-corrected chi connectivity index (χ4v) is 4.63. The number of aromatic nitrogens is 2. The minimum Gasteiger partial charge on any atom is -0.294 e. The summed E-state index contributed by atoms with van der Waals surface area (Å²) in [4.78, 5) is 40.0. The monoisotopic (exact) mass is 372 g/mol. The summed E-state index contributed by atoms with van der Waals surface area (Å²) in [5.74, 6) is 0.0131. The van der Waals surface area contributed by atoms with Crippen molar-refractivity contribution in [1.82, 2.24) is 9.36 Å². The molecular weight excluding hydrogens is 352 g/mol. The van der Waals surface area contributed by atoms with Gasteiger partial charge in [-0.1, -0.05) is 56.3 Å². The lowest BCUT2D eigenvalue weighted by atomic mass is 9.74. The Kier molecular flexibility index (Phi) is 3.41. The molecule has 3 aromatic rings. The largest absolute Gasteiger partial charge is 0.294 e. The summed E-state index contributed by atoms with van der Waals surface area (Å²) < 4.78 is 2.96. The average molecular weight is 372 g/mol. The van der Waals surface area contributed by atoms with Gasteiger partial charge in [0.15, 0.2) is 5.78 Å². The molecule has 0 unspecified atom stereocenters. The molecule has 0 amide bonds. The summed E-state index contributed by atoms with van der Waals surface area (Å²) in [6.07, 6.45) is 0.987. The predicted octanol–water partition coefficient (Wildman–Crippen LogP) is 3.37. The third kappa shape index (κ3) is 2.22. The SMILES string of the molecule is CC1(C)CC(=O)C2=C(C1)n1c(=O)c3ccccc3c(=O)n1[C@H]2c1ccccc1. The van der Waals surface area contributed by atoms with Gasteiger partial charge in [0.1, 0.15) is 6.04 Å². The van der Waals surface area contributed by atoms with Gasteiger partial charge in [0.2, 0.25) is 0 Å². The Bertz CT molecular complexity index is 1290. The molecule has 1 aromatic heterocycles. The molecule has 5 nitrogen and oxygen atoms in total. The molecule has 2 aromatic carbocycles. The molecule has 0 fully saturated rings. The molecule has 0 bridgehead atoms. The quantitative estimate of drug-likeness (QED) is 0.658. The number of ketones is 1. The van der Waals surface area contributed by atoms with E-state index in [1.54, 1.807) is 24.3 Å². The summed E-state index contributed by atoms with van der Waals surface area (Å²) in [5, 5.41) is 0.774. The first-order valence-electron chi connectivity index (χ1n) is 9.47. The lowest BCUT2D eigenvalue weighted by Crippen LogP contribution is -2.37. The minimum atomic E-state index is -0.565. The van der Waals surface area contributed by atoms with Crippen LogP contribution in [0.2, 0.25) is 0 Å². The van der Waals surface area contributed by atoms with Crippen LogP contribution in [0, 0.1) is 5.41 Å². The Balaban J connectivity index is 1.94. The summed E-state index contributed by atoms with van der Waals surface area (Å²) >= 11 is 0. The van der Waals surface area contributed by atoms with Crippen LogP contribution in [-0.2, 0) is 4.79 Å². The molecule has 0 N–H and O–H groups in total. The number of hydrogen-bond acceptors (Lipinski definition) is 3. The van der Waals surface area contributed by atoms with Gasteiger partial charge in [-0.25, -0.2) is 9.36 Å². The molecule has 1 aliphatic carbocycles. The fraction of sp³-hybridized carbons (Fsp3) is 0.261.